The molecule has 1 rings (SSSR count). The van der Waals surface area contributed by atoms with Crippen molar-refractivity contribution in [3.63, 3.8) is 0 Å². The summed E-state index contributed by atoms with van der Waals surface area (Å²) in [6, 6.07) is 0. The van der Waals surface area contributed by atoms with E-state index in [4.69, 9.17) is 4.78 Å². The van der Waals surface area contributed by atoms with E-state index in [1.54, 1.807) is 0 Å². The van der Waals surface area contributed by atoms with E-state index in [1.165, 1.54) is 0 Å². The van der Waals surface area contributed by atoms with Crippen LogP contribution in [0.1, 0.15) is 27.7 Å². The Hall–Kier alpha value is -0.310. The van der Waals surface area contributed by atoms with Gasteiger partial charge in [-0.1, -0.05) is 39.8 Å². The molecule has 1 aliphatic heterocycles. The zero-order valence-corrected chi connectivity index (χ0v) is 9.70. The molecule has 0 fully saturated rings. The molecule has 13 heavy (non-hydrogen) atoms. The van der Waals surface area contributed by atoms with E-state index in [0.717, 1.165) is 0 Å². The molecule has 0 aromatic rings. The van der Waals surface area contributed by atoms with Gasteiger partial charge in [-0.2, -0.15) is 0 Å². The minimum atomic E-state index is -2.40. The molecule has 1 heterocycles. The Morgan fingerprint density at radius 2 is 1.38 bits per heavy atom. The largest absolute Gasteiger partial charge is 0.253 e. The summed E-state index contributed by atoms with van der Waals surface area (Å²) in [5.74, 6) is 0.972. The van der Waals surface area contributed by atoms with Crippen LogP contribution in [0.25, 0.3) is 0 Å². The zero-order valence-electron chi connectivity index (χ0n) is 8.89. The molecule has 2 nitrogen and oxygen atoms in total. The molecule has 1 N–H and O–H groups in total. The van der Waals surface area contributed by atoms with Gasteiger partial charge in [-0.25, -0.2) is 4.21 Å². The highest BCUT2D eigenvalue weighted by atomic mass is 32.2. The first kappa shape index (κ1) is 10.8. The van der Waals surface area contributed by atoms with Gasteiger partial charge >= 0.3 is 0 Å². The topological polar surface area (TPSA) is 40.9 Å². The maximum absolute atomic E-state index is 11.9. The van der Waals surface area contributed by atoms with E-state index >= 15 is 0 Å². The standard InChI is InChI=1S/C10H19NOS/c1-9(2)5-6-10(3,4)8-13(11,12)7-9/h5-6,11H,7-8H2,1-4H3. The molecular formula is C10H19NOS. The Morgan fingerprint density at radius 3 is 1.69 bits per heavy atom. The smallest absolute Gasteiger partial charge is 0.0458 e. The number of rotatable bonds is 0. The normalized spacial score (nSPS) is 29.5. The van der Waals surface area contributed by atoms with Crippen LogP contribution in [-0.2, 0) is 9.73 Å². The Bertz CT molecular complexity index is 297. The number of hydrogen-bond acceptors (Lipinski definition) is 2. The molecule has 0 spiro atoms. The van der Waals surface area contributed by atoms with Gasteiger partial charge in [0.15, 0.2) is 0 Å². The van der Waals surface area contributed by atoms with Crippen molar-refractivity contribution < 1.29 is 4.21 Å². The van der Waals surface area contributed by atoms with Gasteiger partial charge in [-0.3, -0.25) is 4.78 Å². The van der Waals surface area contributed by atoms with Crippen LogP contribution in [0, 0.1) is 15.6 Å². The SMILES string of the molecule is CC1(C)C=CC(C)(C)CS(=N)(=O)C1. The molecule has 3 heteroatoms. The van der Waals surface area contributed by atoms with E-state index in [2.05, 4.69) is 12.2 Å². The van der Waals surface area contributed by atoms with Gasteiger partial charge in [0.05, 0.1) is 0 Å². The quantitative estimate of drug-likeness (QED) is 0.601. The van der Waals surface area contributed by atoms with Gasteiger partial charge in [-0.15, -0.1) is 0 Å². The van der Waals surface area contributed by atoms with Crippen molar-refractivity contribution in [1.29, 1.82) is 4.78 Å². The first-order valence-corrected chi connectivity index (χ1v) is 6.46. The van der Waals surface area contributed by atoms with E-state index in [0.29, 0.717) is 11.5 Å². The number of allylic oxidation sites excluding steroid dienone is 2. The van der Waals surface area contributed by atoms with E-state index in [-0.39, 0.29) is 10.8 Å². The van der Waals surface area contributed by atoms with Crippen LogP contribution in [0.4, 0.5) is 0 Å². The minimum Gasteiger partial charge on any atom is -0.253 e. The number of nitrogens with one attached hydrogen (secondary N) is 1. The van der Waals surface area contributed by atoms with Crippen LogP contribution in [0.15, 0.2) is 12.2 Å². The predicted octanol–water partition coefficient (Wildman–Crippen LogP) is 2.66. The molecule has 0 aromatic heterocycles. The third-order valence-electron chi connectivity index (χ3n) is 2.20. The summed E-state index contributed by atoms with van der Waals surface area (Å²) in [6.45, 7) is 8.16. The van der Waals surface area contributed by atoms with Gasteiger partial charge in [0.1, 0.15) is 0 Å². The Balaban J connectivity index is 3.10. The molecule has 0 saturated carbocycles. The summed E-state index contributed by atoms with van der Waals surface area (Å²) in [7, 11) is -2.40. The van der Waals surface area contributed by atoms with Crippen molar-refractivity contribution in [1.82, 2.24) is 0 Å². The highest BCUT2D eigenvalue weighted by molar-refractivity contribution is 7.92. The zero-order chi connectivity index (χ0) is 10.3. The van der Waals surface area contributed by atoms with Crippen molar-refractivity contribution in [2.24, 2.45) is 10.8 Å². The van der Waals surface area contributed by atoms with Crippen LogP contribution in [0.5, 0.6) is 0 Å². The highest BCUT2D eigenvalue weighted by Gasteiger charge is 2.30. The Kier molecular flexibility index (Phi) is 2.35. The van der Waals surface area contributed by atoms with Crippen molar-refractivity contribution in [3.8, 4) is 0 Å². The average molecular weight is 201 g/mol. The average Bonchev–Trinajstić information content (AvgIpc) is 1.83. The summed E-state index contributed by atoms with van der Waals surface area (Å²) in [5.41, 5.74) is -0.181. The molecule has 0 unspecified atom stereocenters. The predicted molar refractivity (Wildman–Crippen MR) is 57.3 cm³/mol. The molecule has 0 bridgehead atoms. The lowest BCUT2D eigenvalue weighted by Crippen LogP contribution is -2.25. The van der Waals surface area contributed by atoms with Crippen LogP contribution in [0.3, 0.4) is 0 Å². The second kappa shape index (κ2) is 2.84. The lowest BCUT2D eigenvalue weighted by atomic mass is 9.89. The van der Waals surface area contributed by atoms with Crippen molar-refractivity contribution in [3.05, 3.63) is 12.2 Å². The maximum atomic E-state index is 11.9. The van der Waals surface area contributed by atoms with E-state index in [1.807, 2.05) is 27.7 Å². The molecule has 0 aliphatic carbocycles. The van der Waals surface area contributed by atoms with E-state index < -0.39 is 9.73 Å². The van der Waals surface area contributed by atoms with Gasteiger partial charge in [0.25, 0.3) is 0 Å². The fourth-order valence-electron chi connectivity index (χ4n) is 1.80. The second-order valence-electron chi connectivity index (χ2n) is 5.41. The number of hydrogen-bond donors (Lipinski definition) is 1. The van der Waals surface area contributed by atoms with Crippen LogP contribution >= 0.6 is 0 Å². The molecule has 0 saturated heterocycles. The Morgan fingerprint density at radius 1 is 1.08 bits per heavy atom. The van der Waals surface area contributed by atoms with Crippen molar-refractivity contribution in [2.45, 2.75) is 27.7 Å². The molecule has 76 valence electrons. The molecule has 0 amide bonds. The summed E-state index contributed by atoms with van der Waals surface area (Å²) < 4.78 is 19.6. The second-order valence-corrected chi connectivity index (χ2v) is 7.61. The van der Waals surface area contributed by atoms with Gasteiger partial charge in [0, 0.05) is 21.2 Å². The van der Waals surface area contributed by atoms with Crippen LogP contribution in [0.2, 0.25) is 0 Å². The maximum Gasteiger partial charge on any atom is 0.0458 e. The fraction of sp³-hybridized carbons (Fsp3) is 0.800. The first-order chi connectivity index (χ1) is 5.62. The minimum absolute atomic E-state index is 0.0907. The van der Waals surface area contributed by atoms with E-state index in [9.17, 15) is 4.21 Å². The third-order valence-corrected chi connectivity index (χ3v) is 4.62. The molecule has 1 aliphatic rings. The summed E-state index contributed by atoms with van der Waals surface area (Å²) in [4.78, 5) is 0. The van der Waals surface area contributed by atoms with Gasteiger partial charge < -0.3 is 0 Å². The summed E-state index contributed by atoms with van der Waals surface area (Å²) in [5, 5.41) is 0. The fourth-order valence-corrected chi connectivity index (χ4v) is 4.50. The first-order valence-electron chi connectivity index (χ1n) is 4.57. The van der Waals surface area contributed by atoms with Gasteiger partial charge in [0.2, 0.25) is 0 Å². The van der Waals surface area contributed by atoms with Crippen molar-refractivity contribution in [2.75, 3.05) is 11.5 Å². The lowest BCUT2D eigenvalue weighted by Gasteiger charge is -2.20. The van der Waals surface area contributed by atoms with Crippen LogP contribution in [-0.4, -0.2) is 15.7 Å². The summed E-state index contributed by atoms with van der Waals surface area (Å²) >= 11 is 0. The monoisotopic (exact) mass is 201 g/mol. The summed E-state index contributed by atoms with van der Waals surface area (Å²) in [6.07, 6.45) is 4.21. The highest BCUT2D eigenvalue weighted by Crippen LogP contribution is 2.31. The molecule has 0 radical (unpaired) electrons. The van der Waals surface area contributed by atoms with Crippen LogP contribution < -0.4 is 0 Å². The Labute approximate surface area is 81.4 Å². The molecular weight excluding hydrogens is 182 g/mol. The molecule has 0 aromatic carbocycles. The van der Waals surface area contributed by atoms with Gasteiger partial charge in [-0.05, 0) is 10.8 Å². The van der Waals surface area contributed by atoms with Crippen molar-refractivity contribution >= 4 is 9.73 Å². The third kappa shape index (κ3) is 3.14. The molecule has 0 atom stereocenters. The lowest BCUT2D eigenvalue weighted by molar-refractivity contribution is 0.531.